The van der Waals surface area contributed by atoms with Crippen molar-refractivity contribution in [1.82, 2.24) is 4.31 Å². The third-order valence-corrected chi connectivity index (χ3v) is 6.17. The Morgan fingerprint density at radius 3 is 2.29 bits per heavy atom. The second-order valence-corrected chi connectivity index (χ2v) is 7.74. The van der Waals surface area contributed by atoms with Crippen LogP contribution in [0.5, 0.6) is 11.5 Å². The van der Waals surface area contributed by atoms with Crippen molar-refractivity contribution in [2.75, 3.05) is 19.7 Å². The number of para-hydroxylation sites is 1. The first-order chi connectivity index (χ1) is 13.3. The van der Waals surface area contributed by atoms with E-state index in [2.05, 4.69) is 0 Å². The van der Waals surface area contributed by atoms with Gasteiger partial charge in [-0.1, -0.05) is 32.0 Å². The standard InChI is InChI=1S/C19H24N2O6S/c1-4-20(5-2)28(24,25)16-11-12-19(17(13-16)21(22)23)27-14-15-9-7-8-10-18(15)26-6-3/h7-13H,4-6,14H2,1-3H3. The number of benzene rings is 2. The normalized spacial score (nSPS) is 11.4. The highest BCUT2D eigenvalue weighted by molar-refractivity contribution is 7.89. The summed E-state index contributed by atoms with van der Waals surface area (Å²) in [5.41, 5.74) is 0.334. The van der Waals surface area contributed by atoms with Crippen molar-refractivity contribution in [2.24, 2.45) is 0 Å². The lowest BCUT2D eigenvalue weighted by molar-refractivity contribution is -0.386. The van der Waals surface area contributed by atoms with Crippen molar-refractivity contribution in [1.29, 1.82) is 0 Å². The molecular formula is C19H24N2O6S. The molecule has 0 N–H and O–H groups in total. The van der Waals surface area contributed by atoms with Crippen molar-refractivity contribution in [2.45, 2.75) is 32.3 Å². The molecule has 152 valence electrons. The van der Waals surface area contributed by atoms with Crippen LogP contribution in [0.15, 0.2) is 47.4 Å². The van der Waals surface area contributed by atoms with Crippen LogP contribution in [0.3, 0.4) is 0 Å². The summed E-state index contributed by atoms with van der Waals surface area (Å²) >= 11 is 0. The summed E-state index contributed by atoms with van der Waals surface area (Å²) in [7, 11) is -3.80. The Bertz CT molecular complexity index is 926. The molecule has 0 spiro atoms. The minimum atomic E-state index is -3.80. The number of nitrogens with zero attached hydrogens (tertiary/aromatic N) is 2. The predicted molar refractivity (Wildman–Crippen MR) is 105 cm³/mol. The number of hydrogen-bond acceptors (Lipinski definition) is 6. The van der Waals surface area contributed by atoms with Gasteiger partial charge in [-0.2, -0.15) is 4.31 Å². The number of nitro groups is 1. The predicted octanol–water partition coefficient (Wildman–Crippen LogP) is 3.60. The van der Waals surface area contributed by atoms with E-state index in [4.69, 9.17) is 9.47 Å². The molecule has 0 atom stereocenters. The quantitative estimate of drug-likeness (QED) is 0.440. The lowest BCUT2D eigenvalue weighted by Crippen LogP contribution is -2.30. The summed E-state index contributed by atoms with van der Waals surface area (Å²) in [5.74, 6) is 0.628. The average Bonchev–Trinajstić information content (AvgIpc) is 2.68. The average molecular weight is 408 g/mol. The second kappa shape index (κ2) is 9.52. The minimum absolute atomic E-state index is 0.00482. The summed E-state index contributed by atoms with van der Waals surface area (Å²) in [6.45, 7) is 6.37. The molecule has 0 saturated carbocycles. The number of nitro benzene ring substituents is 1. The fourth-order valence-electron chi connectivity index (χ4n) is 2.71. The van der Waals surface area contributed by atoms with Crippen LogP contribution < -0.4 is 9.47 Å². The van der Waals surface area contributed by atoms with Gasteiger partial charge in [-0.3, -0.25) is 10.1 Å². The van der Waals surface area contributed by atoms with Crippen LogP contribution in [0.1, 0.15) is 26.3 Å². The van der Waals surface area contributed by atoms with Gasteiger partial charge < -0.3 is 9.47 Å². The molecule has 2 aromatic carbocycles. The van der Waals surface area contributed by atoms with Gasteiger partial charge in [-0.15, -0.1) is 0 Å². The van der Waals surface area contributed by atoms with E-state index < -0.39 is 20.6 Å². The monoisotopic (exact) mass is 408 g/mol. The Hall–Kier alpha value is -2.65. The molecule has 0 aliphatic carbocycles. The number of rotatable bonds is 10. The van der Waals surface area contributed by atoms with Gasteiger partial charge in [-0.05, 0) is 25.1 Å². The molecule has 0 bridgehead atoms. The highest BCUT2D eigenvalue weighted by Crippen LogP contribution is 2.32. The highest BCUT2D eigenvalue weighted by Gasteiger charge is 2.26. The maximum absolute atomic E-state index is 12.6. The molecular weight excluding hydrogens is 384 g/mol. The van der Waals surface area contributed by atoms with Gasteiger partial charge in [-0.25, -0.2) is 8.42 Å². The maximum atomic E-state index is 12.6. The minimum Gasteiger partial charge on any atom is -0.493 e. The summed E-state index contributed by atoms with van der Waals surface area (Å²) < 4.78 is 37.6. The fourth-order valence-corrected chi connectivity index (χ4v) is 4.19. The molecule has 0 saturated heterocycles. The molecule has 0 amide bonds. The largest absolute Gasteiger partial charge is 0.493 e. The van der Waals surface area contributed by atoms with E-state index in [0.29, 0.717) is 12.4 Å². The van der Waals surface area contributed by atoms with Crippen LogP contribution >= 0.6 is 0 Å². The van der Waals surface area contributed by atoms with E-state index >= 15 is 0 Å². The van der Waals surface area contributed by atoms with Crippen molar-refractivity contribution >= 4 is 15.7 Å². The van der Waals surface area contributed by atoms with Gasteiger partial charge in [0.2, 0.25) is 10.0 Å². The van der Waals surface area contributed by atoms with E-state index in [-0.39, 0.29) is 30.3 Å². The number of ether oxygens (including phenoxy) is 2. The van der Waals surface area contributed by atoms with Crippen LogP contribution in [-0.2, 0) is 16.6 Å². The fraction of sp³-hybridized carbons (Fsp3) is 0.368. The summed E-state index contributed by atoms with van der Waals surface area (Å²) in [6.07, 6.45) is 0. The van der Waals surface area contributed by atoms with Gasteiger partial charge >= 0.3 is 5.69 Å². The number of sulfonamides is 1. The van der Waals surface area contributed by atoms with Crippen LogP contribution in [-0.4, -0.2) is 37.3 Å². The molecule has 0 fully saturated rings. The summed E-state index contributed by atoms with van der Waals surface area (Å²) in [4.78, 5) is 10.7. The van der Waals surface area contributed by atoms with Crippen molar-refractivity contribution < 1.29 is 22.8 Å². The van der Waals surface area contributed by atoms with Gasteiger partial charge in [0.05, 0.1) is 16.4 Å². The molecule has 0 radical (unpaired) electrons. The van der Waals surface area contributed by atoms with E-state index in [1.807, 2.05) is 19.1 Å². The van der Waals surface area contributed by atoms with E-state index in [1.165, 1.54) is 16.4 Å². The van der Waals surface area contributed by atoms with E-state index in [9.17, 15) is 18.5 Å². The highest BCUT2D eigenvalue weighted by atomic mass is 32.2. The van der Waals surface area contributed by atoms with E-state index in [1.54, 1.807) is 26.0 Å². The lowest BCUT2D eigenvalue weighted by atomic mass is 10.2. The van der Waals surface area contributed by atoms with Crippen LogP contribution in [0.2, 0.25) is 0 Å². The molecule has 0 heterocycles. The van der Waals surface area contributed by atoms with Gasteiger partial charge in [0.1, 0.15) is 12.4 Å². The van der Waals surface area contributed by atoms with Crippen LogP contribution in [0.25, 0.3) is 0 Å². The first kappa shape index (κ1) is 21.6. The first-order valence-corrected chi connectivity index (χ1v) is 10.4. The molecule has 2 aromatic rings. The molecule has 0 unspecified atom stereocenters. The van der Waals surface area contributed by atoms with Crippen LogP contribution in [0.4, 0.5) is 5.69 Å². The van der Waals surface area contributed by atoms with Gasteiger partial charge in [0.25, 0.3) is 0 Å². The van der Waals surface area contributed by atoms with Crippen molar-refractivity contribution in [3.8, 4) is 11.5 Å². The molecule has 9 heteroatoms. The molecule has 0 aliphatic rings. The topological polar surface area (TPSA) is 99.0 Å². The smallest absolute Gasteiger partial charge is 0.312 e. The first-order valence-electron chi connectivity index (χ1n) is 8.97. The second-order valence-electron chi connectivity index (χ2n) is 5.81. The summed E-state index contributed by atoms with van der Waals surface area (Å²) in [6, 6.07) is 10.9. The third kappa shape index (κ3) is 4.79. The van der Waals surface area contributed by atoms with Gasteiger partial charge in [0, 0.05) is 24.7 Å². The molecule has 0 aliphatic heterocycles. The van der Waals surface area contributed by atoms with Crippen LogP contribution in [0, 0.1) is 10.1 Å². The maximum Gasteiger partial charge on any atom is 0.312 e. The Labute approximate surface area is 164 Å². The molecule has 8 nitrogen and oxygen atoms in total. The zero-order valence-corrected chi connectivity index (χ0v) is 16.9. The lowest BCUT2D eigenvalue weighted by Gasteiger charge is -2.18. The summed E-state index contributed by atoms with van der Waals surface area (Å²) in [5, 5.41) is 11.5. The van der Waals surface area contributed by atoms with Crippen molar-refractivity contribution in [3.05, 3.63) is 58.1 Å². The Kier molecular flexibility index (Phi) is 7.36. The Morgan fingerprint density at radius 2 is 1.68 bits per heavy atom. The van der Waals surface area contributed by atoms with E-state index in [0.717, 1.165) is 11.6 Å². The van der Waals surface area contributed by atoms with Crippen molar-refractivity contribution in [3.63, 3.8) is 0 Å². The zero-order chi connectivity index (χ0) is 20.7. The van der Waals surface area contributed by atoms with Gasteiger partial charge in [0.15, 0.2) is 5.75 Å². The molecule has 0 aromatic heterocycles. The Morgan fingerprint density at radius 1 is 1.00 bits per heavy atom. The SMILES string of the molecule is CCOc1ccccc1COc1ccc(S(=O)(=O)N(CC)CC)cc1[N+](=O)[O-]. The molecule has 28 heavy (non-hydrogen) atoms. The molecule has 2 rings (SSSR count). The number of hydrogen-bond donors (Lipinski definition) is 0. The zero-order valence-electron chi connectivity index (χ0n) is 16.1. The Balaban J connectivity index is 2.33. The third-order valence-electron chi connectivity index (χ3n) is 4.13.